The van der Waals surface area contributed by atoms with Crippen LogP contribution in [0.25, 0.3) is 0 Å². The molecule has 0 atom stereocenters. The highest BCUT2D eigenvalue weighted by Crippen LogP contribution is 2.40. The molecule has 0 amide bonds. The second-order valence-corrected chi connectivity index (χ2v) is 6.54. The Morgan fingerprint density at radius 1 is 0.882 bits per heavy atom. The topological polar surface area (TPSA) is 12.0 Å². The van der Waals surface area contributed by atoms with Crippen molar-refractivity contribution < 1.29 is 0 Å². The van der Waals surface area contributed by atoms with Crippen molar-refractivity contribution in [1.82, 2.24) is 3.53 Å². The Morgan fingerprint density at radius 3 is 1.88 bits per heavy atom. The van der Waals surface area contributed by atoms with Crippen molar-refractivity contribution in [2.45, 2.75) is 64.3 Å². The number of hydrogen-bond donors (Lipinski definition) is 1. The molecule has 0 aromatic rings. The van der Waals surface area contributed by atoms with E-state index in [4.69, 9.17) is 0 Å². The summed E-state index contributed by atoms with van der Waals surface area (Å²) in [4.78, 5) is 0. The second kappa shape index (κ2) is 7.13. The van der Waals surface area contributed by atoms with Crippen LogP contribution in [0.4, 0.5) is 0 Å². The van der Waals surface area contributed by atoms with Crippen molar-refractivity contribution >= 4 is 22.9 Å². The lowest BCUT2D eigenvalue weighted by atomic mass is 9.70. The van der Waals surface area contributed by atoms with Crippen molar-refractivity contribution in [2.24, 2.45) is 17.8 Å². The highest BCUT2D eigenvalue weighted by Gasteiger charge is 2.29. The number of rotatable bonds is 3. The molecule has 0 aromatic carbocycles. The lowest BCUT2D eigenvalue weighted by Gasteiger charge is -2.37. The van der Waals surface area contributed by atoms with Gasteiger partial charge in [0.25, 0.3) is 0 Å². The van der Waals surface area contributed by atoms with Gasteiger partial charge in [-0.25, -0.2) is 0 Å². The van der Waals surface area contributed by atoms with Crippen molar-refractivity contribution in [3.63, 3.8) is 0 Å². The molecule has 17 heavy (non-hydrogen) atoms. The zero-order valence-electron chi connectivity index (χ0n) is 11.0. The van der Waals surface area contributed by atoms with E-state index in [0.717, 1.165) is 23.8 Å². The average Bonchev–Trinajstić information content (AvgIpc) is 2.40. The Kier molecular flexibility index (Phi) is 5.81. The van der Waals surface area contributed by atoms with Crippen LogP contribution in [0.3, 0.4) is 0 Å². The van der Waals surface area contributed by atoms with Gasteiger partial charge in [0.15, 0.2) is 0 Å². The van der Waals surface area contributed by atoms with E-state index in [-0.39, 0.29) is 0 Å². The maximum atomic E-state index is 3.41. The van der Waals surface area contributed by atoms with E-state index in [0.29, 0.717) is 0 Å². The predicted octanol–water partition coefficient (Wildman–Crippen LogP) is 4.87. The smallest absolute Gasteiger partial charge is 0.0172 e. The van der Waals surface area contributed by atoms with E-state index < -0.39 is 0 Å². The van der Waals surface area contributed by atoms with E-state index in [1.165, 1.54) is 51.4 Å². The number of halogens is 1. The van der Waals surface area contributed by atoms with Crippen molar-refractivity contribution in [1.29, 1.82) is 0 Å². The quantitative estimate of drug-likeness (QED) is 0.436. The fraction of sp³-hybridized carbons (Fsp3) is 0.867. The second-order valence-electron chi connectivity index (χ2n) is 5.92. The third-order valence-corrected chi connectivity index (χ3v) is 5.75. The molecule has 0 radical (unpaired) electrons. The zero-order valence-corrected chi connectivity index (χ0v) is 13.2. The molecule has 1 nitrogen and oxygen atoms in total. The Labute approximate surface area is 120 Å². The summed E-state index contributed by atoms with van der Waals surface area (Å²) >= 11 is 2.32. The summed E-state index contributed by atoms with van der Waals surface area (Å²) in [5, 5.41) is 0. The molecule has 0 spiro atoms. The van der Waals surface area contributed by atoms with Crippen molar-refractivity contribution in [3.8, 4) is 0 Å². The highest BCUT2D eigenvalue weighted by atomic mass is 127. The van der Waals surface area contributed by atoms with E-state index in [1.807, 2.05) is 0 Å². The molecule has 0 saturated heterocycles. The van der Waals surface area contributed by atoms with Gasteiger partial charge in [0.2, 0.25) is 0 Å². The monoisotopic (exact) mass is 347 g/mol. The van der Waals surface area contributed by atoms with Gasteiger partial charge in [0.1, 0.15) is 0 Å². The fourth-order valence-corrected chi connectivity index (χ4v) is 4.40. The molecule has 0 unspecified atom stereocenters. The molecule has 0 aliphatic heterocycles. The summed E-state index contributed by atoms with van der Waals surface area (Å²) < 4.78 is 3.41. The first kappa shape index (κ1) is 13.9. The molecule has 2 heteroatoms. The molecule has 2 aliphatic rings. The SMILES string of the molecule is C/C=C/C1CCC(C2CCC(NI)CC2)CC1. The van der Waals surface area contributed by atoms with E-state index >= 15 is 0 Å². The van der Waals surface area contributed by atoms with Crippen LogP contribution < -0.4 is 3.53 Å². The molecule has 1 N–H and O–H groups in total. The maximum Gasteiger partial charge on any atom is 0.0172 e. The van der Waals surface area contributed by atoms with Gasteiger partial charge in [0, 0.05) is 28.9 Å². The number of allylic oxidation sites excluding steroid dienone is 2. The van der Waals surface area contributed by atoms with Gasteiger partial charge in [-0.05, 0) is 76.0 Å². The van der Waals surface area contributed by atoms with Gasteiger partial charge in [-0.1, -0.05) is 12.2 Å². The standard InChI is InChI=1S/C15H26IN/c1-2-3-12-4-6-13(7-5-12)14-8-10-15(17-16)11-9-14/h2-3,12-15,17H,4-11H2,1H3/b3-2+. The van der Waals surface area contributed by atoms with Crippen LogP contribution in [0.1, 0.15) is 58.3 Å². The molecular formula is C15H26IN. The first-order chi connectivity index (χ1) is 8.33. The molecule has 2 fully saturated rings. The first-order valence-corrected chi connectivity index (χ1v) is 8.40. The normalized spacial score (nSPS) is 39.6. The molecule has 0 heterocycles. The first-order valence-electron chi connectivity index (χ1n) is 7.32. The van der Waals surface area contributed by atoms with Crippen LogP contribution in [-0.4, -0.2) is 6.04 Å². The summed E-state index contributed by atoms with van der Waals surface area (Å²) in [7, 11) is 0. The lowest BCUT2D eigenvalue weighted by molar-refractivity contribution is 0.170. The maximum absolute atomic E-state index is 3.41. The molecule has 2 aliphatic carbocycles. The molecule has 98 valence electrons. The summed E-state index contributed by atoms with van der Waals surface area (Å²) in [6, 6.07) is 0.797. The molecule has 2 rings (SSSR count). The highest BCUT2D eigenvalue weighted by molar-refractivity contribution is 14.1. The van der Waals surface area contributed by atoms with Gasteiger partial charge in [-0.3, -0.25) is 3.53 Å². The van der Waals surface area contributed by atoms with Crippen molar-refractivity contribution in [2.75, 3.05) is 0 Å². The molecular weight excluding hydrogens is 321 g/mol. The minimum Gasteiger partial charge on any atom is -0.258 e. The summed E-state index contributed by atoms with van der Waals surface area (Å²) in [5.74, 6) is 2.98. The van der Waals surface area contributed by atoms with E-state index in [2.05, 4.69) is 45.5 Å². The summed E-state index contributed by atoms with van der Waals surface area (Å²) in [5.41, 5.74) is 0. The van der Waals surface area contributed by atoms with Gasteiger partial charge < -0.3 is 0 Å². The molecule has 2 saturated carbocycles. The van der Waals surface area contributed by atoms with E-state index in [9.17, 15) is 0 Å². The Hall–Kier alpha value is 0.430. The van der Waals surface area contributed by atoms with Crippen LogP contribution in [0.5, 0.6) is 0 Å². The fourth-order valence-electron chi connectivity index (χ4n) is 3.78. The third-order valence-electron chi connectivity index (χ3n) is 4.87. The van der Waals surface area contributed by atoms with Crippen LogP contribution in [-0.2, 0) is 0 Å². The van der Waals surface area contributed by atoms with E-state index in [1.54, 1.807) is 0 Å². The third kappa shape index (κ3) is 3.95. The minimum absolute atomic E-state index is 0.797. The van der Waals surface area contributed by atoms with Gasteiger partial charge in [-0.2, -0.15) is 0 Å². The Balaban J connectivity index is 1.74. The number of hydrogen-bond acceptors (Lipinski definition) is 1. The molecule has 0 bridgehead atoms. The van der Waals surface area contributed by atoms with Gasteiger partial charge in [-0.15, -0.1) is 0 Å². The zero-order chi connectivity index (χ0) is 12.1. The van der Waals surface area contributed by atoms with Gasteiger partial charge in [0.05, 0.1) is 0 Å². The molecule has 0 aromatic heterocycles. The summed E-state index contributed by atoms with van der Waals surface area (Å²) in [6.07, 6.45) is 16.3. The van der Waals surface area contributed by atoms with Crippen LogP contribution in [0, 0.1) is 17.8 Å². The Bertz CT molecular complexity index is 235. The summed E-state index contributed by atoms with van der Waals surface area (Å²) in [6.45, 7) is 2.16. The van der Waals surface area contributed by atoms with Crippen LogP contribution in [0.2, 0.25) is 0 Å². The van der Waals surface area contributed by atoms with Gasteiger partial charge >= 0.3 is 0 Å². The largest absolute Gasteiger partial charge is 0.258 e. The van der Waals surface area contributed by atoms with Crippen molar-refractivity contribution in [3.05, 3.63) is 12.2 Å². The average molecular weight is 347 g/mol. The lowest BCUT2D eigenvalue weighted by Crippen LogP contribution is -2.31. The van der Waals surface area contributed by atoms with Crippen LogP contribution >= 0.6 is 22.9 Å². The number of nitrogens with one attached hydrogen (secondary N) is 1. The van der Waals surface area contributed by atoms with Crippen LogP contribution in [0.15, 0.2) is 12.2 Å². The Morgan fingerprint density at radius 2 is 1.41 bits per heavy atom. The predicted molar refractivity (Wildman–Crippen MR) is 83.2 cm³/mol. The minimum atomic E-state index is 0.797.